The van der Waals surface area contributed by atoms with Crippen LogP contribution in [-0.4, -0.2) is 0 Å². The van der Waals surface area contributed by atoms with Crippen molar-refractivity contribution in [2.45, 2.75) is 19.6 Å². The molecule has 0 aliphatic heterocycles. The highest BCUT2D eigenvalue weighted by molar-refractivity contribution is 5.29. The van der Waals surface area contributed by atoms with Crippen molar-refractivity contribution in [2.24, 2.45) is 5.73 Å². The Kier molecular flexibility index (Phi) is 3.95. The van der Waals surface area contributed by atoms with Crippen molar-refractivity contribution < 1.29 is 9.13 Å². The zero-order valence-electron chi connectivity index (χ0n) is 10.3. The second-order valence-corrected chi connectivity index (χ2v) is 4.24. The molecule has 0 saturated carbocycles. The minimum absolute atomic E-state index is 0.00520. The van der Waals surface area contributed by atoms with Gasteiger partial charge >= 0.3 is 0 Å². The summed E-state index contributed by atoms with van der Waals surface area (Å²) in [4.78, 5) is 0. The van der Waals surface area contributed by atoms with Crippen molar-refractivity contribution in [2.75, 3.05) is 0 Å². The number of rotatable bonds is 4. The van der Waals surface area contributed by atoms with Crippen LogP contribution >= 0.6 is 0 Å². The maximum Gasteiger partial charge on any atom is 0.129 e. The summed E-state index contributed by atoms with van der Waals surface area (Å²) in [5.41, 5.74) is 7.36. The van der Waals surface area contributed by atoms with Crippen LogP contribution in [0.1, 0.15) is 24.1 Å². The van der Waals surface area contributed by atoms with E-state index in [0.717, 1.165) is 5.56 Å². The van der Waals surface area contributed by atoms with Crippen molar-refractivity contribution >= 4 is 0 Å². The van der Waals surface area contributed by atoms with Gasteiger partial charge in [0.2, 0.25) is 0 Å². The fourth-order valence-electron chi connectivity index (χ4n) is 1.64. The summed E-state index contributed by atoms with van der Waals surface area (Å²) in [6, 6.07) is 14.1. The predicted octanol–water partition coefficient (Wildman–Crippen LogP) is 3.42. The predicted molar refractivity (Wildman–Crippen MR) is 69.8 cm³/mol. The molecular formula is C15H16FNO. The minimum atomic E-state index is -0.246. The smallest absolute Gasteiger partial charge is 0.129 e. The van der Waals surface area contributed by atoms with Crippen molar-refractivity contribution in [3.63, 3.8) is 0 Å². The quantitative estimate of drug-likeness (QED) is 0.895. The summed E-state index contributed by atoms with van der Waals surface area (Å²) in [6.07, 6.45) is 0. The lowest BCUT2D eigenvalue weighted by atomic mass is 10.1. The molecule has 2 aromatic rings. The van der Waals surface area contributed by atoms with E-state index in [2.05, 4.69) is 0 Å². The summed E-state index contributed by atoms with van der Waals surface area (Å²) in [7, 11) is 0. The SMILES string of the molecule is C[C@H](N)c1ccc(OCc2ccccc2F)cc1. The van der Waals surface area contributed by atoms with Gasteiger partial charge in [-0.2, -0.15) is 0 Å². The van der Waals surface area contributed by atoms with Crippen molar-refractivity contribution in [3.05, 3.63) is 65.5 Å². The van der Waals surface area contributed by atoms with Crippen molar-refractivity contribution in [3.8, 4) is 5.75 Å². The number of hydrogen-bond acceptors (Lipinski definition) is 2. The minimum Gasteiger partial charge on any atom is -0.489 e. The van der Waals surface area contributed by atoms with E-state index in [9.17, 15) is 4.39 Å². The standard InChI is InChI=1S/C15H16FNO/c1-11(17)12-6-8-14(9-7-12)18-10-13-4-2-3-5-15(13)16/h2-9,11H,10,17H2,1H3/t11-/m0/s1. The van der Waals surface area contributed by atoms with Gasteiger partial charge in [-0.05, 0) is 30.7 Å². The molecule has 94 valence electrons. The van der Waals surface area contributed by atoms with Crippen LogP contribution in [0.4, 0.5) is 4.39 Å². The molecule has 0 spiro atoms. The van der Waals surface area contributed by atoms with Crippen LogP contribution in [0.25, 0.3) is 0 Å². The van der Waals surface area contributed by atoms with Crippen LogP contribution in [0, 0.1) is 5.82 Å². The Bertz CT molecular complexity index is 508. The van der Waals surface area contributed by atoms with Gasteiger partial charge in [0.05, 0.1) is 0 Å². The van der Waals surface area contributed by atoms with Crippen LogP contribution < -0.4 is 10.5 Å². The molecule has 2 aromatic carbocycles. The average Bonchev–Trinajstić information content (AvgIpc) is 2.38. The fraction of sp³-hybridized carbons (Fsp3) is 0.200. The first-order valence-corrected chi connectivity index (χ1v) is 5.88. The number of halogens is 1. The Balaban J connectivity index is 2.00. The first-order chi connectivity index (χ1) is 8.66. The van der Waals surface area contributed by atoms with E-state index in [1.165, 1.54) is 6.07 Å². The monoisotopic (exact) mass is 245 g/mol. The largest absolute Gasteiger partial charge is 0.489 e. The highest BCUT2D eigenvalue weighted by Crippen LogP contribution is 2.17. The molecule has 18 heavy (non-hydrogen) atoms. The van der Waals surface area contributed by atoms with Gasteiger partial charge < -0.3 is 10.5 Å². The molecule has 3 heteroatoms. The first kappa shape index (κ1) is 12.6. The van der Waals surface area contributed by atoms with Gasteiger partial charge in [0, 0.05) is 11.6 Å². The third-order valence-electron chi connectivity index (χ3n) is 2.76. The Morgan fingerprint density at radius 3 is 2.39 bits per heavy atom. The third kappa shape index (κ3) is 3.08. The number of benzene rings is 2. The van der Waals surface area contributed by atoms with Crippen LogP contribution in [-0.2, 0) is 6.61 Å². The lowest BCUT2D eigenvalue weighted by molar-refractivity contribution is 0.299. The second-order valence-electron chi connectivity index (χ2n) is 4.24. The first-order valence-electron chi connectivity index (χ1n) is 5.88. The maximum absolute atomic E-state index is 13.4. The van der Waals surface area contributed by atoms with E-state index in [4.69, 9.17) is 10.5 Å². The molecule has 2 rings (SSSR count). The molecule has 0 radical (unpaired) electrons. The second kappa shape index (κ2) is 5.65. The van der Waals surface area contributed by atoms with E-state index in [1.807, 2.05) is 31.2 Å². The van der Waals surface area contributed by atoms with Crippen LogP contribution in [0.5, 0.6) is 5.75 Å². The highest BCUT2D eigenvalue weighted by atomic mass is 19.1. The average molecular weight is 245 g/mol. The Hall–Kier alpha value is -1.87. The van der Waals surface area contributed by atoms with Gasteiger partial charge in [0.15, 0.2) is 0 Å². The molecule has 0 bridgehead atoms. The molecule has 0 heterocycles. The molecular weight excluding hydrogens is 229 g/mol. The van der Waals surface area contributed by atoms with Gasteiger partial charge in [0.1, 0.15) is 18.2 Å². The van der Waals surface area contributed by atoms with E-state index in [0.29, 0.717) is 11.3 Å². The highest BCUT2D eigenvalue weighted by Gasteiger charge is 2.03. The Labute approximate surface area is 106 Å². The zero-order chi connectivity index (χ0) is 13.0. The lowest BCUT2D eigenvalue weighted by Crippen LogP contribution is -2.04. The van der Waals surface area contributed by atoms with Gasteiger partial charge in [-0.3, -0.25) is 0 Å². The summed E-state index contributed by atoms with van der Waals surface area (Å²) < 4.78 is 18.9. The Morgan fingerprint density at radius 1 is 1.11 bits per heavy atom. The third-order valence-corrected chi connectivity index (χ3v) is 2.76. The number of nitrogens with two attached hydrogens (primary N) is 1. The van der Waals surface area contributed by atoms with Gasteiger partial charge in [-0.25, -0.2) is 4.39 Å². The van der Waals surface area contributed by atoms with E-state index < -0.39 is 0 Å². The molecule has 0 fully saturated rings. The molecule has 1 atom stereocenters. The zero-order valence-corrected chi connectivity index (χ0v) is 10.3. The normalized spacial score (nSPS) is 12.2. The Morgan fingerprint density at radius 2 is 1.78 bits per heavy atom. The number of ether oxygens (including phenoxy) is 1. The molecule has 0 amide bonds. The van der Waals surface area contributed by atoms with E-state index in [-0.39, 0.29) is 18.5 Å². The van der Waals surface area contributed by atoms with E-state index in [1.54, 1.807) is 18.2 Å². The fourth-order valence-corrected chi connectivity index (χ4v) is 1.64. The molecule has 2 nitrogen and oxygen atoms in total. The van der Waals surface area contributed by atoms with Crippen LogP contribution in [0.15, 0.2) is 48.5 Å². The van der Waals surface area contributed by atoms with Gasteiger partial charge in [-0.1, -0.05) is 30.3 Å². The maximum atomic E-state index is 13.4. The molecule has 2 N–H and O–H groups in total. The summed E-state index contributed by atoms with van der Waals surface area (Å²) in [5, 5.41) is 0. The lowest BCUT2D eigenvalue weighted by Gasteiger charge is -2.09. The van der Waals surface area contributed by atoms with Gasteiger partial charge in [0.25, 0.3) is 0 Å². The van der Waals surface area contributed by atoms with Crippen molar-refractivity contribution in [1.29, 1.82) is 0 Å². The summed E-state index contributed by atoms with van der Waals surface area (Å²) in [5.74, 6) is 0.465. The van der Waals surface area contributed by atoms with E-state index >= 15 is 0 Å². The molecule has 0 aliphatic rings. The van der Waals surface area contributed by atoms with Gasteiger partial charge in [-0.15, -0.1) is 0 Å². The van der Waals surface area contributed by atoms with Crippen LogP contribution in [0.2, 0.25) is 0 Å². The number of hydrogen-bond donors (Lipinski definition) is 1. The molecule has 0 aromatic heterocycles. The molecule has 0 saturated heterocycles. The van der Waals surface area contributed by atoms with Crippen molar-refractivity contribution in [1.82, 2.24) is 0 Å². The summed E-state index contributed by atoms with van der Waals surface area (Å²) >= 11 is 0. The molecule has 0 aliphatic carbocycles. The molecule has 0 unspecified atom stereocenters. The van der Waals surface area contributed by atoms with Crippen LogP contribution in [0.3, 0.4) is 0 Å². The summed E-state index contributed by atoms with van der Waals surface area (Å²) in [6.45, 7) is 2.15. The topological polar surface area (TPSA) is 35.2 Å².